The fourth-order valence-corrected chi connectivity index (χ4v) is 4.23. The van der Waals surface area contributed by atoms with Gasteiger partial charge in [-0.3, -0.25) is 14.7 Å². The molecular weight excluding hydrogens is 372 g/mol. The molecule has 0 aliphatic carbocycles. The molecule has 1 aliphatic heterocycles. The van der Waals surface area contributed by atoms with Crippen molar-refractivity contribution in [2.45, 2.75) is 25.8 Å². The maximum absolute atomic E-state index is 12.6. The molecular formula is C21H22N4O2S. The molecule has 7 heteroatoms. The first kappa shape index (κ1) is 18.4. The molecule has 2 aromatic heterocycles. The Kier molecular flexibility index (Phi) is 5.25. The smallest absolute Gasteiger partial charge is 0.252 e. The number of hydrogen-bond donors (Lipinski definition) is 2. The first-order valence-corrected chi connectivity index (χ1v) is 10.2. The molecule has 3 heterocycles. The molecule has 0 spiro atoms. The van der Waals surface area contributed by atoms with Crippen LogP contribution in [0.3, 0.4) is 0 Å². The number of Topliss-reactive ketones (excluding diaryl/α,β-unsaturated/α-hetero) is 1. The maximum Gasteiger partial charge on any atom is 0.252 e. The number of carbonyl (C=O) groups excluding carboxylic acids is 2. The Morgan fingerprint density at radius 2 is 1.89 bits per heavy atom. The van der Waals surface area contributed by atoms with Crippen molar-refractivity contribution in [2.75, 3.05) is 18.0 Å². The van der Waals surface area contributed by atoms with Gasteiger partial charge in [0.25, 0.3) is 5.91 Å². The van der Waals surface area contributed by atoms with Gasteiger partial charge in [0.1, 0.15) is 0 Å². The van der Waals surface area contributed by atoms with Gasteiger partial charge in [0.2, 0.25) is 0 Å². The lowest BCUT2D eigenvalue weighted by Gasteiger charge is -2.32. The van der Waals surface area contributed by atoms with Crippen molar-refractivity contribution in [2.24, 2.45) is 0 Å². The summed E-state index contributed by atoms with van der Waals surface area (Å²) in [5.41, 5.74) is 1.95. The number of benzene rings is 1. The first-order chi connectivity index (χ1) is 13.6. The van der Waals surface area contributed by atoms with Crippen molar-refractivity contribution in [1.29, 1.82) is 0 Å². The lowest BCUT2D eigenvalue weighted by molar-refractivity contribution is 0.0919. The number of rotatable bonds is 5. The highest BCUT2D eigenvalue weighted by Crippen LogP contribution is 2.27. The number of H-pyrrole nitrogens is 1. The fraction of sp³-hybridized carbons (Fsp3) is 0.286. The van der Waals surface area contributed by atoms with Crippen molar-refractivity contribution in [3.63, 3.8) is 0 Å². The summed E-state index contributed by atoms with van der Waals surface area (Å²) in [6, 6.07) is 13.2. The summed E-state index contributed by atoms with van der Waals surface area (Å²) in [4.78, 5) is 27.8. The molecule has 4 rings (SSSR count). The van der Waals surface area contributed by atoms with E-state index in [9.17, 15) is 9.59 Å². The second kappa shape index (κ2) is 7.98. The average molecular weight is 395 g/mol. The zero-order valence-corrected chi connectivity index (χ0v) is 16.5. The normalized spacial score (nSPS) is 14.8. The van der Waals surface area contributed by atoms with Gasteiger partial charge in [-0.1, -0.05) is 24.3 Å². The number of aromatic nitrogens is 2. The Balaban J connectivity index is 1.36. The Bertz CT molecular complexity index is 972. The molecule has 144 valence electrons. The fourth-order valence-electron chi connectivity index (χ4n) is 3.54. The summed E-state index contributed by atoms with van der Waals surface area (Å²) in [7, 11) is 0. The molecule has 6 nitrogen and oxygen atoms in total. The highest BCUT2D eigenvalue weighted by atomic mass is 32.1. The monoisotopic (exact) mass is 394 g/mol. The summed E-state index contributed by atoms with van der Waals surface area (Å²) in [6.07, 6.45) is 1.68. The van der Waals surface area contributed by atoms with Crippen LogP contribution in [0.2, 0.25) is 0 Å². The minimum atomic E-state index is -0.177. The maximum atomic E-state index is 12.6. The molecule has 1 aliphatic rings. The number of nitrogens with one attached hydrogen (secondary N) is 2. The van der Waals surface area contributed by atoms with E-state index in [1.54, 1.807) is 35.6 Å². The third-order valence-electron chi connectivity index (χ3n) is 5.06. The predicted molar refractivity (Wildman–Crippen MR) is 111 cm³/mol. The van der Waals surface area contributed by atoms with Crippen LogP contribution in [0.25, 0.3) is 10.6 Å². The highest BCUT2D eigenvalue weighted by Gasteiger charge is 2.24. The van der Waals surface area contributed by atoms with Crippen LogP contribution in [0.5, 0.6) is 0 Å². The van der Waals surface area contributed by atoms with Gasteiger partial charge in [-0.15, -0.1) is 11.3 Å². The van der Waals surface area contributed by atoms with Gasteiger partial charge in [0.05, 0.1) is 16.1 Å². The second-order valence-electron chi connectivity index (χ2n) is 6.95. The van der Waals surface area contributed by atoms with Gasteiger partial charge in [-0.25, -0.2) is 0 Å². The molecule has 0 unspecified atom stereocenters. The van der Waals surface area contributed by atoms with E-state index in [-0.39, 0.29) is 17.7 Å². The number of hydrogen-bond acceptors (Lipinski definition) is 5. The number of nitrogens with zero attached hydrogens (tertiary/aromatic N) is 2. The molecule has 1 saturated heterocycles. The van der Waals surface area contributed by atoms with Crippen LogP contribution in [0.15, 0.2) is 47.8 Å². The van der Waals surface area contributed by atoms with Crippen molar-refractivity contribution >= 4 is 28.8 Å². The molecule has 1 aromatic carbocycles. The quantitative estimate of drug-likeness (QED) is 0.646. The van der Waals surface area contributed by atoms with Crippen molar-refractivity contribution in [1.82, 2.24) is 15.5 Å². The zero-order valence-electron chi connectivity index (χ0n) is 15.6. The van der Waals surface area contributed by atoms with E-state index in [1.165, 1.54) is 11.8 Å². The van der Waals surface area contributed by atoms with E-state index in [0.29, 0.717) is 11.1 Å². The Morgan fingerprint density at radius 1 is 1.14 bits per heavy atom. The van der Waals surface area contributed by atoms with E-state index in [4.69, 9.17) is 0 Å². The molecule has 0 bridgehead atoms. The zero-order chi connectivity index (χ0) is 19.5. The van der Waals surface area contributed by atoms with E-state index in [1.807, 2.05) is 11.4 Å². The molecule has 3 aromatic rings. The van der Waals surface area contributed by atoms with E-state index >= 15 is 0 Å². The Hall–Kier alpha value is -2.93. The average Bonchev–Trinajstić information content (AvgIpc) is 3.40. The first-order valence-electron chi connectivity index (χ1n) is 9.37. The van der Waals surface area contributed by atoms with Crippen LogP contribution in [0.4, 0.5) is 5.82 Å². The third kappa shape index (κ3) is 3.84. The van der Waals surface area contributed by atoms with Crippen molar-refractivity contribution < 1.29 is 9.59 Å². The van der Waals surface area contributed by atoms with Gasteiger partial charge in [-0.2, -0.15) is 5.10 Å². The van der Waals surface area contributed by atoms with E-state index in [0.717, 1.165) is 37.4 Å². The summed E-state index contributed by atoms with van der Waals surface area (Å²) in [5.74, 6) is 0.666. The molecule has 0 saturated carbocycles. The number of piperidine rings is 1. The van der Waals surface area contributed by atoms with Crippen LogP contribution in [0, 0.1) is 0 Å². The van der Waals surface area contributed by atoms with Gasteiger partial charge in [0.15, 0.2) is 11.6 Å². The van der Waals surface area contributed by atoms with Crippen LogP contribution in [-0.4, -0.2) is 41.0 Å². The predicted octanol–water partition coefficient (Wildman–Crippen LogP) is 3.74. The summed E-state index contributed by atoms with van der Waals surface area (Å²) < 4.78 is 0. The molecule has 1 amide bonds. The molecule has 0 atom stereocenters. The van der Waals surface area contributed by atoms with Crippen molar-refractivity contribution in [3.8, 4) is 10.6 Å². The van der Waals surface area contributed by atoms with Crippen LogP contribution in [-0.2, 0) is 0 Å². The number of amides is 1. The van der Waals surface area contributed by atoms with E-state index in [2.05, 4.69) is 32.5 Å². The van der Waals surface area contributed by atoms with Gasteiger partial charge >= 0.3 is 0 Å². The lowest BCUT2D eigenvalue weighted by Crippen LogP contribution is -2.45. The summed E-state index contributed by atoms with van der Waals surface area (Å²) >= 11 is 1.68. The number of ketones is 1. The Labute approximate surface area is 167 Å². The van der Waals surface area contributed by atoms with Crippen LogP contribution < -0.4 is 10.2 Å². The largest absolute Gasteiger partial charge is 0.355 e. The highest BCUT2D eigenvalue weighted by molar-refractivity contribution is 7.13. The lowest BCUT2D eigenvalue weighted by atomic mass is 10.0. The minimum absolute atomic E-state index is 0.0966. The Morgan fingerprint density at radius 3 is 2.57 bits per heavy atom. The van der Waals surface area contributed by atoms with Crippen LogP contribution >= 0.6 is 11.3 Å². The second-order valence-corrected chi connectivity index (χ2v) is 7.90. The number of carbonyl (C=O) groups is 2. The standard InChI is InChI=1S/C21H22N4O2S/c1-14(26)16-5-2-3-6-17(16)21(27)22-15-8-10-25(11-9-15)20-13-18(23-24-20)19-7-4-12-28-19/h2-7,12-13,15H,8-11H2,1H3,(H,22,27)(H,23,24). The molecule has 28 heavy (non-hydrogen) atoms. The molecule has 2 N–H and O–H groups in total. The summed E-state index contributed by atoms with van der Waals surface area (Å²) in [5, 5.41) is 12.7. The summed E-state index contributed by atoms with van der Waals surface area (Å²) in [6.45, 7) is 3.14. The van der Waals surface area contributed by atoms with Crippen LogP contribution in [0.1, 0.15) is 40.5 Å². The molecule has 0 radical (unpaired) electrons. The van der Waals surface area contributed by atoms with Crippen molar-refractivity contribution in [3.05, 3.63) is 59.0 Å². The number of anilines is 1. The molecule has 1 fully saturated rings. The van der Waals surface area contributed by atoms with Gasteiger partial charge in [0, 0.05) is 30.8 Å². The SMILES string of the molecule is CC(=O)c1ccccc1C(=O)NC1CCN(c2cc(-c3cccs3)[nH]n2)CC1. The van der Waals surface area contributed by atoms with Gasteiger partial charge < -0.3 is 10.2 Å². The minimum Gasteiger partial charge on any atom is -0.355 e. The number of aromatic amines is 1. The number of thiophene rings is 1. The van der Waals surface area contributed by atoms with Gasteiger partial charge in [-0.05, 0) is 37.3 Å². The topological polar surface area (TPSA) is 78.1 Å². The van der Waals surface area contributed by atoms with E-state index < -0.39 is 0 Å². The third-order valence-corrected chi connectivity index (χ3v) is 5.96.